The molecule has 0 spiro atoms. The van der Waals surface area contributed by atoms with Crippen LogP contribution in [0, 0.1) is 0 Å². The van der Waals surface area contributed by atoms with Gasteiger partial charge in [0, 0.05) is 12.7 Å². The second-order valence-electron chi connectivity index (χ2n) is 5.87. The minimum Gasteiger partial charge on any atom is -0.497 e. The maximum Gasteiger partial charge on any atom is 0.270 e. The van der Waals surface area contributed by atoms with E-state index in [2.05, 4.69) is 17.1 Å². The molecule has 23 heavy (non-hydrogen) atoms. The number of carbonyl (C=O) groups excluding carboxylic acids is 1. The van der Waals surface area contributed by atoms with Crippen LogP contribution in [-0.2, 0) is 0 Å². The number of H-pyrrole nitrogens is 1. The Kier molecular flexibility index (Phi) is 4.91. The number of methoxy groups -OCH3 is 1. The predicted octanol–water partition coefficient (Wildman–Crippen LogP) is 4.43. The Labute approximate surface area is 141 Å². The molecule has 1 fully saturated rings. The highest BCUT2D eigenvalue weighted by Crippen LogP contribution is 2.32. The normalized spacial score (nSPS) is 18.5. The molecule has 1 N–H and O–H groups in total. The molecule has 2 aromatic rings. The van der Waals surface area contributed by atoms with Crippen molar-refractivity contribution in [3.8, 4) is 5.75 Å². The van der Waals surface area contributed by atoms with Crippen LogP contribution >= 0.6 is 11.6 Å². The summed E-state index contributed by atoms with van der Waals surface area (Å²) >= 11 is 5.95. The summed E-state index contributed by atoms with van der Waals surface area (Å²) in [4.78, 5) is 17.8. The minimum atomic E-state index is 0.0135. The van der Waals surface area contributed by atoms with E-state index in [1.807, 2.05) is 17.0 Å². The van der Waals surface area contributed by atoms with E-state index in [4.69, 9.17) is 16.3 Å². The van der Waals surface area contributed by atoms with Crippen LogP contribution in [0.3, 0.4) is 0 Å². The number of amides is 1. The fourth-order valence-corrected chi connectivity index (χ4v) is 3.33. The smallest absolute Gasteiger partial charge is 0.270 e. The van der Waals surface area contributed by atoms with Crippen LogP contribution in [0.1, 0.15) is 47.8 Å². The lowest BCUT2D eigenvalue weighted by Gasteiger charge is -2.30. The number of nitrogens with one attached hydrogen (secondary N) is 1. The monoisotopic (exact) mass is 332 g/mol. The fraction of sp³-hybridized carbons (Fsp3) is 0.389. The van der Waals surface area contributed by atoms with Crippen LogP contribution in [0.15, 0.2) is 36.5 Å². The van der Waals surface area contributed by atoms with E-state index in [1.54, 1.807) is 19.4 Å². The first-order chi connectivity index (χ1) is 11.2. The Morgan fingerprint density at radius 2 is 2.04 bits per heavy atom. The van der Waals surface area contributed by atoms with Crippen molar-refractivity contribution in [1.82, 2.24) is 9.88 Å². The summed E-state index contributed by atoms with van der Waals surface area (Å²) in [6.07, 6.45) is 5.95. The van der Waals surface area contributed by atoms with E-state index in [0.717, 1.165) is 43.5 Å². The molecular formula is C18H21ClN2O2. The van der Waals surface area contributed by atoms with Gasteiger partial charge in [0.1, 0.15) is 11.4 Å². The number of carbonyl (C=O) groups is 1. The second kappa shape index (κ2) is 7.09. The van der Waals surface area contributed by atoms with Crippen molar-refractivity contribution in [2.75, 3.05) is 13.7 Å². The van der Waals surface area contributed by atoms with E-state index >= 15 is 0 Å². The molecule has 1 aromatic heterocycles. The van der Waals surface area contributed by atoms with Crippen molar-refractivity contribution in [2.45, 2.75) is 31.7 Å². The van der Waals surface area contributed by atoms with E-state index in [-0.39, 0.29) is 11.9 Å². The Balaban J connectivity index is 1.88. The summed E-state index contributed by atoms with van der Waals surface area (Å²) in [7, 11) is 1.66. The summed E-state index contributed by atoms with van der Waals surface area (Å²) in [6, 6.07) is 9.80. The predicted molar refractivity (Wildman–Crippen MR) is 91.0 cm³/mol. The van der Waals surface area contributed by atoms with Gasteiger partial charge in [-0.25, -0.2) is 0 Å². The number of aromatic amines is 1. The molecule has 0 aliphatic carbocycles. The van der Waals surface area contributed by atoms with Crippen LogP contribution in [0.2, 0.25) is 5.02 Å². The Bertz CT molecular complexity index is 666. The number of ether oxygens (including phenoxy) is 1. The SMILES string of the molecule is COc1ccc(C2CCCCCN2C(=O)c2cc(Cl)c[nH]2)cc1. The van der Waals surface area contributed by atoms with Crippen molar-refractivity contribution >= 4 is 17.5 Å². The van der Waals surface area contributed by atoms with E-state index < -0.39 is 0 Å². The molecule has 3 rings (SSSR count). The van der Waals surface area contributed by atoms with E-state index in [9.17, 15) is 4.79 Å². The number of benzene rings is 1. The lowest BCUT2D eigenvalue weighted by atomic mass is 10.0. The maximum atomic E-state index is 12.9. The third kappa shape index (κ3) is 3.53. The summed E-state index contributed by atoms with van der Waals surface area (Å²) in [5, 5.41) is 0.559. The first kappa shape index (κ1) is 15.9. The molecule has 1 unspecified atom stereocenters. The molecule has 0 saturated carbocycles. The summed E-state index contributed by atoms with van der Waals surface area (Å²) in [6.45, 7) is 0.770. The molecule has 2 heterocycles. The molecule has 1 saturated heterocycles. The minimum absolute atomic E-state index is 0.0135. The third-order valence-electron chi connectivity index (χ3n) is 4.39. The van der Waals surface area contributed by atoms with Crippen molar-refractivity contribution in [1.29, 1.82) is 0 Å². The van der Waals surface area contributed by atoms with Gasteiger partial charge in [0.15, 0.2) is 0 Å². The Hall–Kier alpha value is -1.94. The molecule has 1 aliphatic heterocycles. The lowest BCUT2D eigenvalue weighted by Crippen LogP contribution is -2.35. The van der Waals surface area contributed by atoms with Crippen molar-refractivity contribution < 1.29 is 9.53 Å². The number of halogens is 1. The number of hydrogen-bond acceptors (Lipinski definition) is 2. The number of aromatic nitrogens is 1. The zero-order valence-electron chi connectivity index (χ0n) is 13.2. The van der Waals surface area contributed by atoms with Gasteiger partial charge in [0.2, 0.25) is 0 Å². The lowest BCUT2D eigenvalue weighted by molar-refractivity contribution is 0.0675. The zero-order valence-corrected chi connectivity index (χ0v) is 14.0. The number of rotatable bonds is 3. The molecule has 1 aliphatic rings. The van der Waals surface area contributed by atoms with E-state index in [1.165, 1.54) is 0 Å². The third-order valence-corrected chi connectivity index (χ3v) is 4.61. The Morgan fingerprint density at radius 1 is 1.26 bits per heavy atom. The van der Waals surface area contributed by atoms with E-state index in [0.29, 0.717) is 10.7 Å². The van der Waals surface area contributed by atoms with Gasteiger partial charge in [0.05, 0.1) is 18.2 Å². The van der Waals surface area contributed by atoms with Crippen LogP contribution in [0.5, 0.6) is 5.75 Å². The van der Waals surface area contributed by atoms with Crippen molar-refractivity contribution in [3.05, 3.63) is 52.8 Å². The van der Waals surface area contributed by atoms with Gasteiger partial charge in [-0.3, -0.25) is 4.79 Å². The highest BCUT2D eigenvalue weighted by molar-refractivity contribution is 6.30. The fourth-order valence-electron chi connectivity index (χ4n) is 3.17. The summed E-state index contributed by atoms with van der Waals surface area (Å²) in [5.41, 5.74) is 1.70. The van der Waals surface area contributed by atoms with Gasteiger partial charge in [0.25, 0.3) is 5.91 Å². The van der Waals surface area contributed by atoms with Gasteiger partial charge >= 0.3 is 0 Å². The summed E-state index contributed by atoms with van der Waals surface area (Å²) in [5.74, 6) is 0.844. The Morgan fingerprint density at radius 3 is 2.70 bits per heavy atom. The molecule has 1 amide bonds. The average molecular weight is 333 g/mol. The van der Waals surface area contributed by atoms with Crippen molar-refractivity contribution in [3.63, 3.8) is 0 Å². The van der Waals surface area contributed by atoms with Crippen LogP contribution in [0.4, 0.5) is 0 Å². The topological polar surface area (TPSA) is 45.3 Å². The van der Waals surface area contributed by atoms with Crippen LogP contribution in [-0.4, -0.2) is 29.4 Å². The largest absolute Gasteiger partial charge is 0.497 e. The van der Waals surface area contributed by atoms with Gasteiger partial charge in [-0.2, -0.15) is 0 Å². The van der Waals surface area contributed by atoms with Gasteiger partial charge in [-0.15, -0.1) is 0 Å². The maximum absolute atomic E-state index is 12.9. The number of nitrogens with zero attached hydrogens (tertiary/aromatic N) is 1. The highest BCUT2D eigenvalue weighted by atomic mass is 35.5. The first-order valence-electron chi connectivity index (χ1n) is 7.98. The molecule has 1 aromatic carbocycles. The molecule has 4 nitrogen and oxygen atoms in total. The molecule has 5 heteroatoms. The molecule has 122 valence electrons. The molecule has 1 atom stereocenters. The van der Waals surface area contributed by atoms with Gasteiger partial charge < -0.3 is 14.6 Å². The van der Waals surface area contributed by atoms with Crippen LogP contribution < -0.4 is 4.74 Å². The quantitative estimate of drug-likeness (QED) is 0.903. The zero-order chi connectivity index (χ0) is 16.2. The van der Waals surface area contributed by atoms with Gasteiger partial charge in [-0.05, 0) is 36.6 Å². The number of likely N-dealkylation sites (tertiary alicyclic amines) is 1. The summed E-state index contributed by atoms with van der Waals surface area (Å²) < 4.78 is 5.23. The first-order valence-corrected chi connectivity index (χ1v) is 8.35. The van der Waals surface area contributed by atoms with Crippen LogP contribution in [0.25, 0.3) is 0 Å². The second-order valence-corrected chi connectivity index (χ2v) is 6.30. The standard InChI is InChI=1S/C18H21ClN2O2/c1-23-15-8-6-13(7-9-15)17-5-3-2-4-10-21(17)18(22)16-11-14(19)12-20-16/h6-9,11-12,17,20H,2-5,10H2,1H3. The average Bonchev–Trinajstić information content (AvgIpc) is 2.87. The van der Waals surface area contributed by atoms with Gasteiger partial charge in [-0.1, -0.05) is 36.6 Å². The van der Waals surface area contributed by atoms with Crippen molar-refractivity contribution in [2.24, 2.45) is 0 Å². The molecule has 0 bridgehead atoms. The highest BCUT2D eigenvalue weighted by Gasteiger charge is 2.28. The number of hydrogen-bond donors (Lipinski definition) is 1. The molecule has 0 radical (unpaired) electrons. The molecular weight excluding hydrogens is 312 g/mol.